The summed E-state index contributed by atoms with van der Waals surface area (Å²) in [6.45, 7) is 11.3. The highest BCUT2D eigenvalue weighted by Crippen LogP contribution is 2.26. The fourth-order valence-corrected chi connectivity index (χ4v) is 3.46. The Balaban J connectivity index is 2.65. The zero-order valence-corrected chi connectivity index (χ0v) is 13.9. The molecular weight excluding hydrogens is 262 g/mol. The summed E-state index contributed by atoms with van der Waals surface area (Å²) < 4.78 is 27.5. The molecule has 0 aliphatic carbocycles. The summed E-state index contributed by atoms with van der Waals surface area (Å²) in [6, 6.07) is 0. The van der Waals surface area contributed by atoms with Gasteiger partial charge in [-0.3, -0.25) is 4.90 Å². The molecule has 1 saturated heterocycles. The molecule has 1 aliphatic rings. The monoisotopic (exact) mass is 291 g/mol. The molecule has 0 amide bonds. The number of nitrogens with zero attached hydrogens (tertiary/aromatic N) is 2. The Hall–Kier alpha value is -0.170. The lowest BCUT2D eigenvalue weighted by Crippen LogP contribution is -2.56. The summed E-state index contributed by atoms with van der Waals surface area (Å²) in [7, 11) is -0.256. The van der Waals surface area contributed by atoms with Gasteiger partial charge in [0.2, 0.25) is 0 Å². The summed E-state index contributed by atoms with van der Waals surface area (Å²) in [5.74, 6) is 1.35. The van der Waals surface area contributed by atoms with E-state index in [9.17, 15) is 8.42 Å². The van der Waals surface area contributed by atoms with Crippen molar-refractivity contribution in [2.24, 2.45) is 11.8 Å². The van der Waals surface area contributed by atoms with E-state index >= 15 is 0 Å². The summed E-state index contributed by atoms with van der Waals surface area (Å²) >= 11 is 0. The largest absolute Gasteiger partial charge is 0.296 e. The van der Waals surface area contributed by atoms with Crippen molar-refractivity contribution < 1.29 is 8.42 Å². The number of nitrogens with one attached hydrogen (secondary N) is 1. The van der Waals surface area contributed by atoms with E-state index in [1.54, 1.807) is 14.1 Å². The lowest BCUT2D eigenvalue weighted by Gasteiger charge is -2.45. The average molecular weight is 291 g/mol. The summed E-state index contributed by atoms with van der Waals surface area (Å²) in [5, 5.41) is 0. The van der Waals surface area contributed by atoms with Crippen LogP contribution in [-0.2, 0) is 10.2 Å². The van der Waals surface area contributed by atoms with Crippen LogP contribution < -0.4 is 4.72 Å². The van der Waals surface area contributed by atoms with Gasteiger partial charge in [0.15, 0.2) is 0 Å². The fourth-order valence-electron chi connectivity index (χ4n) is 2.67. The van der Waals surface area contributed by atoms with Crippen LogP contribution in [-0.4, -0.2) is 56.9 Å². The second-order valence-electron chi connectivity index (χ2n) is 6.77. The van der Waals surface area contributed by atoms with E-state index in [0.29, 0.717) is 18.4 Å². The molecule has 1 fully saturated rings. The van der Waals surface area contributed by atoms with Crippen molar-refractivity contribution in [2.75, 3.05) is 33.7 Å². The van der Waals surface area contributed by atoms with Gasteiger partial charge in [0, 0.05) is 39.3 Å². The molecule has 1 rings (SSSR count). The van der Waals surface area contributed by atoms with Crippen molar-refractivity contribution in [1.82, 2.24) is 13.9 Å². The molecule has 2 unspecified atom stereocenters. The third kappa shape index (κ3) is 4.70. The average Bonchev–Trinajstić information content (AvgIpc) is 2.25. The van der Waals surface area contributed by atoms with Crippen molar-refractivity contribution in [2.45, 2.75) is 39.7 Å². The van der Waals surface area contributed by atoms with E-state index < -0.39 is 10.2 Å². The Kier molecular flexibility index (Phi) is 5.40. The normalized spacial score (nSPS) is 26.9. The van der Waals surface area contributed by atoms with Gasteiger partial charge in [-0.25, -0.2) is 4.72 Å². The van der Waals surface area contributed by atoms with Crippen molar-refractivity contribution >= 4 is 10.2 Å². The molecule has 0 aromatic rings. The Bertz CT molecular complexity index is 383. The molecule has 0 radical (unpaired) electrons. The number of likely N-dealkylation sites (tertiary alicyclic amines) is 1. The van der Waals surface area contributed by atoms with Crippen molar-refractivity contribution in [3.8, 4) is 0 Å². The van der Waals surface area contributed by atoms with Gasteiger partial charge in [-0.2, -0.15) is 12.7 Å². The third-order valence-corrected chi connectivity index (χ3v) is 5.36. The summed E-state index contributed by atoms with van der Waals surface area (Å²) in [4.78, 5) is 2.41. The van der Waals surface area contributed by atoms with E-state index in [4.69, 9.17) is 0 Å². The van der Waals surface area contributed by atoms with Crippen LogP contribution in [0.15, 0.2) is 0 Å². The second kappa shape index (κ2) is 6.08. The molecule has 5 nitrogen and oxygen atoms in total. The highest BCUT2D eigenvalue weighted by Gasteiger charge is 2.33. The minimum Gasteiger partial charge on any atom is -0.296 e. The molecule has 2 atom stereocenters. The first kappa shape index (κ1) is 16.9. The van der Waals surface area contributed by atoms with Crippen LogP contribution in [0, 0.1) is 11.8 Å². The smallest absolute Gasteiger partial charge is 0.278 e. The van der Waals surface area contributed by atoms with Crippen molar-refractivity contribution in [3.63, 3.8) is 0 Å². The zero-order valence-electron chi connectivity index (χ0n) is 13.1. The van der Waals surface area contributed by atoms with Crippen LogP contribution in [0.5, 0.6) is 0 Å². The highest BCUT2D eigenvalue weighted by atomic mass is 32.2. The van der Waals surface area contributed by atoms with Gasteiger partial charge in [0.1, 0.15) is 0 Å². The predicted molar refractivity (Wildman–Crippen MR) is 79.2 cm³/mol. The van der Waals surface area contributed by atoms with E-state index in [2.05, 4.69) is 37.3 Å². The molecule has 19 heavy (non-hydrogen) atoms. The third-order valence-electron chi connectivity index (χ3n) is 3.89. The second-order valence-corrected chi connectivity index (χ2v) is 8.74. The first-order valence-electron chi connectivity index (χ1n) is 6.97. The number of hydrogen-bond acceptors (Lipinski definition) is 3. The maximum absolute atomic E-state index is 11.8. The SMILES string of the molecule is CC1CC(C)CN(C(C)(C)CNS(=O)(=O)N(C)C)C1. The number of rotatable bonds is 5. The van der Waals surface area contributed by atoms with Gasteiger partial charge in [0.25, 0.3) is 10.2 Å². The maximum Gasteiger partial charge on any atom is 0.278 e. The molecule has 1 aliphatic heterocycles. The molecule has 0 bridgehead atoms. The minimum atomic E-state index is -3.34. The Morgan fingerprint density at radius 2 is 1.68 bits per heavy atom. The Morgan fingerprint density at radius 1 is 1.21 bits per heavy atom. The molecule has 0 aromatic carbocycles. The van der Waals surface area contributed by atoms with Crippen LogP contribution in [0.3, 0.4) is 0 Å². The molecule has 114 valence electrons. The van der Waals surface area contributed by atoms with Gasteiger partial charge in [0.05, 0.1) is 0 Å². The first-order valence-corrected chi connectivity index (χ1v) is 8.41. The minimum absolute atomic E-state index is 0.161. The summed E-state index contributed by atoms with van der Waals surface area (Å²) in [5.41, 5.74) is -0.161. The molecule has 0 aromatic heterocycles. The van der Waals surface area contributed by atoms with Crippen LogP contribution in [0.25, 0.3) is 0 Å². The maximum atomic E-state index is 11.8. The highest BCUT2D eigenvalue weighted by molar-refractivity contribution is 7.87. The van der Waals surface area contributed by atoms with Crippen molar-refractivity contribution in [1.29, 1.82) is 0 Å². The van der Waals surface area contributed by atoms with Gasteiger partial charge < -0.3 is 0 Å². The Labute approximate surface area is 118 Å². The lowest BCUT2D eigenvalue weighted by molar-refractivity contribution is 0.0487. The standard InChI is InChI=1S/C13H29N3O2S/c1-11-7-12(2)9-16(8-11)13(3,4)10-14-19(17,18)15(5)6/h11-12,14H,7-10H2,1-6H3. The van der Waals surface area contributed by atoms with Gasteiger partial charge in [-0.05, 0) is 32.1 Å². The molecule has 1 N–H and O–H groups in total. The van der Waals surface area contributed by atoms with Gasteiger partial charge >= 0.3 is 0 Å². The van der Waals surface area contributed by atoms with Gasteiger partial charge in [-0.1, -0.05) is 13.8 Å². The number of hydrogen-bond donors (Lipinski definition) is 1. The number of piperidine rings is 1. The lowest BCUT2D eigenvalue weighted by atomic mass is 9.88. The van der Waals surface area contributed by atoms with E-state index in [0.717, 1.165) is 13.1 Å². The van der Waals surface area contributed by atoms with Crippen LogP contribution in [0.2, 0.25) is 0 Å². The van der Waals surface area contributed by atoms with E-state index in [-0.39, 0.29) is 5.54 Å². The quantitative estimate of drug-likeness (QED) is 0.826. The Morgan fingerprint density at radius 3 is 2.11 bits per heavy atom. The molecule has 6 heteroatoms. The van der Waals surface area contributed by atoms with E-state index in [1.807, 2.05) is 0 Å². The van der Waals surface area contributed by atoms with Crippen LogP contribution in [0.1, 0.15) is 34.1 Å². The molecular formula is C13H29N3O2S. The molecule has 1 heterocycles. The summed E-state index contributed by atoms with van der Waals surface area (Å²) in [6.07, 6.45) is 1.26. The zero-order chi connectivity index (χ0) is 14.8. The van der Waals surface area contributed by atoms with Crippen LogP contribution >= 0.6 is 0 Å². The molecule has 0 saturated carbocycles. The van der Waals surface area contributed by atoms with Gasteiger partial charge in [-0.15, -0.1) is 0 Å². The predicted octanol–water partition coefficient (Wildman–Crippen LogP) is 1.14. The molecule has 0 spiro atoms. The fraction of sp³-hybridized carbons (Fsp3) is 1.00. The topological polar surface area (TPSA) is 52.7 Å². The first-order chi connectivity index (χ1) is 8.54. The van der Waals surface area contributed by atoms with Crippen LogP contribution in [0.4, 0.5) is 0 Å². The van der Waals surface area contributed by atoms with E-state index in [1.165, 1.54) is 10.7 Å². The van der Waals surface area contributed by atoms with Crippen molar-refractivity contribution in [3.05, 3.63) is 0 Å².